The summed E-state index contributed by atoms with van der Waals surface area (Å²) in [6.45, 7) is 0. The van der Waals surface area contributed by atoms with Gasteiger partial charge in [-0.1, -0.05) is 29.8 Å². The molecule has 222 valence electrons. The molecule has 5 rings (SSSR count). The van der Waals surface area contributed by atoms with Crippen LogP contribution >= 0.6 is 11.6 Å². The lowest BCUT2D eigenvalue weighted by atomic mass is 10.0. The van der Waals surface area contributed by atoms with Crippen LogP contribution in [0.5, 0.6) is 0 Å². The standard InChI is InChI=1S/C29H25ClN10O4/c1-44-29(43)34-21-7-3-18(4-8-21)22-14-24(36-37-28(22)42)23(12-17-2-10-26(31)32-15-17)35-27(41)11-5-19-13-20(30)6-9-25(19)40-16-33-38-39-40/h2-11,13-16,23H,12H2,1H3,(H2,31,32)(H,34,43)(H,35,41)(H,37,42)/b11-5+. The second-order valence-electron chi connectivity index (χ2n) is 9.38. The molecule has 3 aromatic heterocycles. The number of nitrogen functional groups attached to an aromatic ring is 1. The number of hydrogen-bond donors (Lipinski definition) is 4. The molecular formula is C29H25ClN10O4. The van der Waals surface area contributed by atoms with Gasteiger partial charge in [0.05, 0.1) is 30.1 Å². The summed E-state index contributed by atoms with van der Waals surface area (Å²) in [6, 6.07) is 16.1. The first-order valence-corrected chi connectivity index (χ1v) is 13.4. The van der Waals surface area contributed by atoms with E-state index in [4.69, 9.17) is 17.3 Å². The topological polar surface area (TPSA) is 196 Å². The van der Waals surface area contributed by atoms with E-state index < -0.39 is 23.6 Å². The van der Waals surface area contributed by atoms with Gasteiger partial charge in [0.2, 0.25) is 5.91 Å². The molecule has 44 heavy (non-hydrogen) atoms. The summed E-state index contributed by atoms with van der Waals surface area (Å²) in [4.78, 5) is 41.7. The molecule has 0 aliphatic carbocycles. The average molecular weight is 613 g/mol. The molecule has 1 unspecified atom stereocenters. The number of ether oxygens (including phenoxy) is 1. The van der Waals surface area contributed by atoms with Crippen LogP contribution in [-0.2, 0) is 16.0 Å². The monoisotopic (exact) mass is 612 g/mol. The first kappa shape index (κ1) is 29.6. The molecule has 0 aliphatic rings. The van der Waals surface area contributed by atoms with Crippen LogP contribution < -0.4 is 21.9 Å². The van der Waals surface area contributed by atoms with Crippen LogP contribution in [0.2, 0.25) is 5.02 Å². The van der Waals surface area contributed by atoms with Crippen molar-refractivity contribution in [1.82, 2.24) is 40.7 Å². The summed E-state index contributed by atoms with van der Waals surface area (Å²) in [6.07, 6.45) is 5.66. The summed E-state index contributed by atoms with van der Waals surface area (Å²) in [5, 5.41) is 24.0. The number of H-pyrrole nitrogens is 1. The fraction of sp³-hybridized carbons (Fsp3) is 0.103. The van der Waals surface area contributed by atoms with Crippen LogP contribution in [0.1, 0.15) is 22.9 Å². The lowest BCUT2D eigenvalue weighted by molar-refractivity contribution is -0.117. The van der Waals surface area contributed by atoms with Gasteiger partial charge in [-0.15, -0.1) is 5.10 Å². The number of hydrogen-bond acceptors (Lipinski definition) is 10. The number of carbonyl (C=O) groups excluding carboxylic acids is 2. The third kappa shape index (κ3) is 7.30. The van der Waals surface area contributed by atoms with Gasteiger partial charge in [-0.05, 0) is 76.5 Å². The van der Waals surface area contributed by atoms with Gasteiger partial charge in [-0.25, -0.2) is 14.9 Å². The van der Waals surface area contributed by atoms with Crippen molar-refractivity contribution >= 4 is 41.2 Å². The fourth-order valence-electron chi connectivity index (χ4n) is 4.26. The molecule has 3 heterocycles. The Kier molecular flexibility index (Phi) is 9.01. The molecule has 0 saturated heterocycles. The van der Waals surface area contributed by atoms with E-state index >= 15 is 0 Å². The molecule has 14 nitrogen and oxygen atoms in total. The Morgan fingerprint density at radius 1 is 1.14 bits per heavy atom. The number of benzene rings is 2. The first-order valence-electron chi connectivity index (χ1n) is 13.1. The van der Waals surface area contributed by atoms with Gasteiger partial charge in [0.25, 0.3) is 5.56 Å². The first-order chi connectivity index (χ1) is 21.3. The lowest BCUT2D eigenvalue weighted by Crippen LogP contribution is -2.30. The molecule has 15 heteroatoms. The van der Waals surface area contributed by atoms with Crippen molar-refractivity contribution in [3.05, 3.63) is 111 Å². The Morgan fingerprint density at radius 3 is 2.66 bits per heavy atom. The number of nitrogens with zero attached hydrogens (tertiary/aromatic N) is 6. The lowest BCUT2D eigenvalue weighted by Gasteiger charge is -2.18. The Hall–Kier alpha value is -5.89. The van der Waals surface area contributed by atoms with Crippen LogP contribution in [0.4, 0.5) is 16.3 Å². The smallest absolute Gasteiger partial charge is 0.411 e. The zero-order valence-electron chi connectivity index (χ0n) is 23.1. The van der Waals surface area contributed by atoms with E-state index in [1.807, 2.05) is 0 Å². The maximum atomic E-state index is 13.2. The number of pyridine rings is 1. The Bertz CT molecular complexity index is 1860. The second kappa shape index (κ2) is 13.4. The number of methoxy groups -OCH3 is 1. The zero-order chi connectivity index (χ0) is 31.1. The summed E-state index contributed by atoms with van der Waals surface area (Å²) in [7, 11) is 1.26. The minimum atomic E-state index is -0.674. The number of nitrogens with two attached hydrogens (primary N) is 1. The molecule has 0 radical (unpaired) electrons. The molecule has 0 spiro atoms. The number of amides is 2. The van der Waals surface area contributed by atoms with Gasteiger partial charge in [0.15, 0.2) is 0 Å². The quantitative estimate of drug-likeness (QED) is 0.179. The van der Waals surface area contributed by atoms with E-state index in [0.717, 1.165) is 5.56 Å². The number of anilines is 2. The highest BCUT2D eigenvalue weighted by Crippen LogP contribution is 2.24. The van der Waals surface area contributed by atoms with Crippen molar-refractivity contribution in [1.29, 1.82) is 0 Å². The molecule has 5 N–H and O–H groups in total. The Morgan fingerprint density at radius 2 is 1.95 bits per heavy atom. The van der Waals surface area contributed by atoms with Gasteiger partial charge in [-0.3, -0.25) is 14.9 Å². The number of aromatic amines is 1. The van der Waals surface area contributed by atoms with Crippen molar-refractivity contribution in [3.8, 4) is 16.8 Å². The highest BCUT2D eigenvalue weighted by atomic mass is 35.5. The molecule has 5 aromatic rings. The van der Waals surface area contributed by atoms with Crippen LogP contribution in [-0.4, -0.2) is 54.5 Å². The third-order valence-corrected chi connectivity index (χ3v) is 6.65. The van der Waals surface area contributed by atoms with Gasteiger partial charge in [0.1, 0.15) is 12.1 Å². The van der Waals surface area contributed by atoms with Gasteiger partial charge in [0, 0.05) is 28.5 Å². The predicted octanol–water partition coefficient (Wildman–Crippen LogP) is 3.33. The Balaban J connectivity index is 1.43. The molecular weight excluding hydrogens is 588 g/mol. The maximum Gasteiger partial charge on any atom is 0.411 e. The molecule has 0 fully saturated rings. The number of rotatable bonds is 9. The van der Waals surface area contributed by atoms with Crippen LogP contribution in [0.25, 0.3) is 22.9 Å². The number of tetrazole rings is 1. The summed E-state index contributed by atoms with van der Waals surface area (Å²) in [5.41, 5.74) is 9.09. The SMILES string of the molecule is COC(=O)Nc1ccc(-c2cc(C(Cc3ccc(N)nc3)NC(=O)/C=C/c3cc(Cl)ccc3-n3cnnn3)n[nH]c2=O)cc1. The molecule has 0 aliphatic heterocycles. The summed E-state index contributed by atoms with van der Waals surface area (Å²) >= 11 is 6.20. The maximum absolute atomic E-state index is 13.2. The van der Waals surface area contributed by atoms with Gasteiger partial charge >= 0.3 is 6.09 Å². The molecule has 0 bridgehead atoms. The van der Waals surface area contributed by atoms with Crippen molar-refractivity contribution in [2.45, 2.75) is 12.5 Å². The fourth-order valence-corrected chi connectivity index (χ4v) is 4.44. The van der Waals surface area contributed by atoms with Crippen LogP contribution in [0.3, 0.4) is 0 Å². The number of aromatic nitrogens is 7. The van der Waals surface area contributed by atoms with E-state index in [2.05, 4.69) is 46.1 Å². The molecule has 1 atom stereocenters. The van der Waals surface area contributed by atoms with E-state index in [9.17, 15) is 14.4 Å². The third-order valence-electron chi connectivity index (χ3n) is 6.41. The molecule has 2 aromatic carbocycles. The van der Waals surface area contributed by atoms with Crippen molar-refractivity contribution in [2.75, 3.05) is 18.2 Å². The van der Waals surface area contributed by atoms with Crippen molar-refractivity contribution in [2.24, 2.45) is 0 Å². The van der Waals surface area contributed by atoms with E-state index in [0.29, 0.717) is 51.0 Å². The van der Waals surface area contributed by atoms with Crippen LogP contribution in [0, 0.1) is 0 Å². The molecule has 2 amide bonds. The van der Waals surface area contributed by atoms with E-state index in [1.54, 1.807) is 72.9 Å². The highest BCUT2D eigenvalue weighted by Gasteiger charge is 2.19. The molecule has 0 saturated carbocycles. The summed E-state index contributed by atoms with van der Waals surface area (Å²) < 4.78 is 6.06. The van der Waals surface area contributed by atoms with Crippen molar-refractivity contribution in [3.63, 3.8) is 0 Å². The number of carbonyl (C=O) groups is 2. The Labute approximate surface area is 254 Å². The van der Waals surface area contributed by atoms with Gasteiger partial charge < -0.3 is 15.8 Å². The average Bonchev–Trinajstić information content (AvgIpc) is 3.56. The minimum absolute atomic E-state index is 0.292. The normalized spacial score (nSPS) is 11.7. The highest BCUT2D eigenvalue weighted by molar-refractivity contribution is 6.30. The number of nitrogens with one attached hydrogen (secondary N) is 3. The zero-order valence-corrected chi connectivity index (χ0v) is 23.9. The van der Waals surface area contributed by atoms with E-state index in [-0.39, 0.29) is 0 Å². The van der Waals surface area contributed by atoms with Crippen LogP contribution in [0.15, 0.2) is 84.1 Å². The summed E-state index contributed by atoms with van der Waals surface area (Å²) in [5.74, 6) is -0.0828. The van der Waals surface area contributed by atoms with Crippen molar-refractivity contribution < 1.29 is 14.3 Å². The number of halogens is 1. The van der Waals surface area contributed by atoms with E-state index in [1.165, 1.54) is 24.2 Å². The largest absolute Gasteiger partial charge is 0.453 e. The minimum Gasteiger partial charge on any atom is -0.453 e. The second-order valence-corrected chi connectivity index (χ2v) is 9.81. The predicted molar refractivity (Wildman–Crippen MR) is 163 cm³/mol. The van der Waals surface area contributed by atoms with Gasteiger partial charge in [-0.2, -0.15) is 9.78 Å².